The molecule has 94 heavy (non-hydrogen) atoms. The summed E-state index contributed by atoms with van der Waals surface area (Å²) < 4.78 is 21.6. The monoisotopic (exact) mass is 1450 g/mol. The van der Waals surface area contributed by atoms with E-state index >= 15 is 0 Å². The molecule has 9 rings (SSSR count). The van der Waals surface area contributed by atoms with Gasteiger partial charge in [0, 0.05) is 114 Å². The summed E-state index contributed by atoms with van der Waals surface area (Å²) >= 11 is 22.7. The largest absolute Gasteiger partial charge is 0.496 e. The second-order valence-electron chi connectivity index (χ2n) is 24.1. The van der Waals surface area contributed by atoms with E-state index in [9.17, 15) is 19.2 Å². The smallest absolute Gasteiger partial charge is 0.399 e. The van der Waals surface area contributed by atoms with Gasteiger partial charge >= 0.3 is 13.1 Å². The Morgan fingerprint density at radius 1 is 0.660 bits per heavy atom. The van der Waals surface area contributed by atoms with Gasteiger partial charge in [-0.3, -0.25) is 19.7 Å². The van der Waals surface area contributed by atoms with Crippen LogP contribution >= 0.6 is 62.3 Å². The van der Waals surface area contributed by atoms with Crippen LogP contribution in [0.1, 0.15) is 170 Å². The lowest BCUT2D eigenvalue weighted by Gasteiger charge is -2.32. The Labute approximate surface area is 589 Å². The summed E-state index contributed by atoms with van der Waals surface area (Å²) in [7, 11) is -0.363. The molecule has 0 aliphatic carbocycles. The zero-order valence-electron chi connectivity index (χ0n) is 56.6. The lowest BCUT2D eigenvalue weighted by Crippen LogP contribution is -2.42. The minimum atomic E-state index is -1.96. The number of carbonyl (C=O) groups is 4. The van der Waals surface area contributed by atoms with Crippen molar-refractivity contribution >= 4 is 127 Å². The zero-order valence-corrected chi connectivity index (χ0v) is 61.2. The summed E-state index contributed by atoms with van der Waals surface area (Å²) in [4.78, 5) is 69.5. The molecule has 4 aromatic heterocycles. The van der Waals surface area contributed by atoms with Crippen molar-refractivity contribution in [1.29, 1.82) is 0 Å². The van der Waals surface area contributed by atoms with E-state index in [-0.39, 0.29) is 49.5 Å². The van der Waals surface area contributed by atoms with Gasteiger partial charge in [-0.15, -0.1) is 0 Å². The molecule has 0 radical (unpaired) electrons. The number of aromatic nitrogens is 4. The molecule has 4 aromatic rings. The Balaban J connectivity index is 0.000000397. The van der Waals surface area contributed by atoms with E-state index < -0.39 is 9.03 Å². The van der Waals surface area contributed by atoms with Gasteiger partial charge in [-0.2, -0.15) is 0 Å². The highest BCUT2D eigenvalue weighted by molar-refractivity contribution is 9.11. The topological polar surface area (TPSA) is 269 Å². The number of ether oxygens (including phenoxy) is 2. The SMILES string of the molecule is C.C/C=C(\C)Br.C/C=C(\C)c1ccc(N)nc1.CC1(C)OB(c2ccc(N)nc2)OC1(C)C.CCC(C)c1ccc(N)nc1.CCC(C)c1ccc(NC(=O)N2CCCN(C(=O)C3CCOCC3)CC2)nc1.O=C(C1CCOCC1)N1CCCNCC1.O=C(Cl)C(Cl)(Cl)Cl. The third-order valence-corrected chi connectivity index (χ3v) is 18.3. The van der Waals surface area contributed by atoms with Crippen molar-refractivity contribution in [3.63, 3.8) is 0 Å². The average molecular weight is 1450 g/mol. The number of rotatable bonds is 9. The fourth-order valence-corrected chi connectivity index (χ4v) is 9.29. The molecule has 9 heterocycles. The number of nitrogens with one attached hydrogen (secondary N) is 2. The predicted molar refractivity (Wildman–Crippen MR) is 392 cm³/mol. The summed E-state index contributed by atoms with van der Waals surface area (Å²) in [5.74, 6) is 4.13. The fourth-order valence-electron chi connectivity index (χ4n) is 9.29. The molecule has 5 aliphatic heterocycles. The van der Waals surface area contributed by atoms with Gasteiger partial charge in [0.25, 0.3) is 9.03 Å². The molecule has 0 aromatic carbocycles. The fraction of sp³-hybridized carbons (Fsp3) is 0.588. The number of alkyl halides is 3. The van der Waals surface area contributed by atoms with E-state index in [1.807, 2.05) is 132 Å². The van der Waals surface area contributed by atoms with Crippen LogP contribution < -0.4 is 33.3 Å². The summed E-state index contributed by atoms with van der Waals surface area (Å²) in [6.45, 7) is 33.9. The molecule has 2 atom stereocenters. The van der Waals surface area contributed by atoms with Crippen LogP contribution in [0.4, 0.5) is 28.1 Å². The Kier molecular flexibility index (Phi) is 39.7. The van der Waals surface area contributed by atoms with Crippen molar-refractivity contribution < 1.29 is 38.0 Å². The first kappa shape index (κ1) is 85.0. The third-order valence-electron chi connectivity index (χ3n) is 16.7. The van der Waals surface area contributed by atoms with E-state index in [1.165, 1.54) is 21.2 Å². The number of amides is 4. The van der Waals surface area contributed by atoms with Gasteiger partial charge in [-0.1, -0.05) is 116 Å². The van der Waals surface area contributed by atoms with Gasteiger partial charge in [0.1, 0.15) is 23.3 Å². The van der Waals surface area contributed by atoms with Crippen LogP contribution in [0.25, 0.3) is 5.57 Å². The molecule has 8 N–H and O–H groups in total. The third kappa shape index (κ3) is 30.9. The molecule has 0 saturated carbocycles. The number of urea groups is 1. The number of allylic oxidation sites excluding steroid dienone is 4. The molecule has 4 amide bonds. The number of pyridine rings is 4. The molecule has 5 saturated heterocycles. The van der Waals surface area contributed by atoms with Gasteiger partial charge in [0.15, 0.2) is 0 Å². The lowest BCUT2D eigenvalue weighted by molar-refractivity contribution is -0.139. The maximum Gasteiger partial charge on any atom is 0.496 e. The van der Waals surface area contributed by atoms with Crippen LogP contribution in [-0.2, 0) is 33.2 Å². The Bertz CT molecular complexity index is 2880. The van der Waals surface area contributed by atoms with Crippen LogP contribution in [-0.4, -0.2) is 159 Å². The quantitative estimate of drug-likeness (QED) is 0.0592. The second-order valence-corrected chi connectivity index (χ2v) is 28.0. The van der Waals surface area contributed by atoms with Gasteiger partial charge < -0.3 is 56.0 Å². The highest BCUT2D eigenvalue weighted by Crippen LogP contribution is 2.36. The minimum Gasteiger partial charge on any atom is -0.399 e. The van der Waals surface area contributed by atoms with Crippen LogP contribution in [0.15, 0.2) is 90.0 Å². The van der Waals surface area contributed by atoms with Crippen LogP contribution in [0.3, 0.4) is 0 Å². The Morgan fingerprint density at radius 3 is 1.51 bits per heavy atom. The number of halogens is 5. The first-order valence-electron chi connectivity index (χ1n) is 32.1. The van der Waals surface area contributed by atoms with Crippen molar-refractivity contribution in [3.8, 4) is 0 Å². The van der Waals surface area contributed by atoms with Crippen LogP contribution in [0.5, 0.6) is 0 Å². The highest BCUT2D eigenvalue weighted by atomic mass is 79.9. The van der Waals surface area contributed by atoms with Crippen molar-refractivity contribution in [2.24, 2.45) is 11.8 Å². The molecular formula is C68H106BBrCl4N12O8. The Hall–Kier alpha value is -5.14. The summed E-state index contributed by atoms with van der Waals surface area (Å²) in [6, 6.07) is 15.0. The summed E-state index contributed by atoms with van der Waals surface area (Å²) in [5.41, 5.74) is 21.5. The standard InChI is InChI=1S/C21H32N4O3.C11H17BN2O2.C11H20N2O2.C9H14N2.C9H12N2.C4H7Br.C2Cl4O.CH4/c1-3-16(2)18-5-6-19(22-15-18)23-21(27)25-10-4-9-24(11-12-25)20(26)17-7-13-28-14-8-17;1-10(2)11(3,4)16-12(15-10)8-5-6-9(13)14-7-8;14-11(10-2-8-15-9-3-10)13-6-1-4-12-5-7-13;2*1-3-7(2)8-4-5-9(10)11-6-8;1-3-4(2)5;3-1(7)2(4,5)6;/h5-6,15-17H,3-4,7-14H2,1-2H3,(H,22,23,27);5-7H,1-4H3,(H2,13,14);10,12H,1-9H2;4-7H,3H2,1-2H3,(H2,10,11);3-6H,1-2H3,(H2,10,11);3H,1-2H3;;1H4/b;;;;7-3+;4-3+;;. The predicted octanol–water partition coefficient (Wildman–Crippen LogP) is 13.6. The normalized spacial score (nSPS) is 18.1. The molecule has 26 heteroatoms. The van der Waals surface area contributed by atoms with Crippen LogP contribution in [0, 0.1) is 11.8 Å². The number of hydrogen-bond acceptors (Lipinski definition) is 16. The van der Waals surface area contributed by atoms with Crippen LogP contribution in [0.2, 0.25) is 0 Å². The number of hydrogen-bond donors (Lipinski definition) is 5. The molecule has 524 valence electrons. The van der Waals surface area contributed by atoms with Crippen molar-refractivity contribution in [1.82, 2.24) is 40.0 Å². The van der Waals surface area contributed by atoms with Gasteiger partial charge in [0.05, 0.1) is 11.2 Å². The molecule has 5 aliphatic rings. The molecule has 0 spiro atoms. The number of nitrogens with zero attached hydrogens (tertiary/aromatic N) is 7. The van der Waals surface area contributed by atoms with Crippen molar-refractivity contribution in [2.75, 3.05) is 101 Å². The van der Waals surface area contributed by atoms with E-state index in [2.05, 4.69) is 74.2 Å². The lowest BCUT2D eigenvalue weighted by atomic mass is 9.80. The van der Waals surface area contributed by atoms with Gasteiger partial charge in [-0.25, -0.2) is 24.7 Å². The number of carbonyl (C=O) groups excluding carboxylic acids is 4. The number of anilines is 4. The van der Waals surface area contributed by atoms with E-state index in [1.54, 1.807) is 23.4 Å². The maximum atomic E-state index is 12.7. The molecule has 0 bridgehead atoms. The molecule has 2 unspecified atom stereocenters. The van der Waals surface area contributed by atoms with Crippen molar-refractivity contribution in [3.05, 3.63) is 107 Å². The van der Waals surface area contributed by atoms with Crippen molar-refractivity contribution in [2.45, 2.75) is 169 Å². The Morgan fingerprint density at radius 2 is 1.10 bits per heavy atom. The summed E-state index contributed by atoms with van der Waals surface area (Å²) in [5, 5.41) is 5.21. The zero-order chi connectivity index (χ0) is 69.3. The van der Waals surface area contributed by atoms with Gasteiger partial charge in [0.2, 0.25) is 11.8 Å². The highest BCUT2D eigenvalue weighted by Gasteiger charge is 2.51. The molecule has 5 fully saturated rings. The second kappa shape index (κ2) is 43.9. The minimum absolute atomic E-state index is 0. The number of nitrogen functional groups attached to an aromatic ring is 3. The van der Waals surface area contributed by atoms with Gasteiger partial charge in [-0.05, 0) is 194 Å². The first-order chi connectivity index (χ1) is 44.0. The van der Waals surface area contributed by atoms with E-state index in [0.29, 0.717) is 80.4 Å². The van der Waals surface area contributed by atoms with E-state index in [0.717, 1.165) is 102 Å². The molecule has 20 nitrogen and oxygen atoms in total. The van der Waals surface area contributed by atoms with E-state index in [4.69, 9.17) is 82.4 Å². The number of nitrogens with two attached hydrogens (primary N) is 3. The summed E-state index contributed by atoms with van der Waals surface area (Å²) in [6.07, 6.45) is 18.7. The molecular weight excluding hydrogens is 1350 g/mol. The first-order valence-corrected chi connectivity index (χ1v) is 34.4. The maximum absolute atomic E-state index is 12.7. The average Bonchev–Trinajstić information content (AvgIpc) is 1.63.